The number of nitrogens with zero attached hydrogens (tertiary/aromatic N) is 1. The van der Waals surface area contributed by atoms with Crippen molar-refractivity contribution < 1.29 is 9.53 Å². The molecule has 3 heteroatoms. The van der Waals surface area contributed by atoms with Crippen LogP contribution >= 0.6 is 0 Å². The first-order valence-electron chi connectivity index (χ1n) is 3.93. The zero-order valence-corrected chi connectivity index (χ0v) is 6.56. The van der Waals surface area contributed by atoms with Crippen LogP contribution in [0.5, 0.6) is 5.75 Å². The van der Waals surface area contributed by atoms with Crippen molar-refractivity contribution in [1.29, 1.82) is 0 Å². The monoisotopic (exact) mass is 163 g/mol. The number of rotatable bonds is 2. The highest BCUT2D eigenvalue weighted by molar-refractivity contribution is 5.85. The smallest absolute Gasteiger partial charge is 0.140 e. The number of hydrogen-bond acceptors (Lipinski definition) is 3. The predicted octanol–water partition coefficient (Wildman–Crippen LogP) is 1.19. The van der Waals surface area contributed by atoms with Crippen molar-refractivity contribution in [3.8, 4) is 5.75 Å². The van der Waals surface area contributed by atoms with Gasteiger partial charge in [-0.3, -0.25) is 9.78 Å². The number of hydrogen-bond donors (Lipinski definition) is 0. The van der Waals surface area contributed by atoms with Crippen molar-refractivity contribution in [2.45, 2.75) is 18.9 Å². The quantitative estimate of drug-likeness (QED) is 0.657. The Hall–Kier alpha value is -1.38. The average molecular weight is 163 g/mol. The van der Waals surface area contributed by atoms with Crippen molar-refractivity contribution in [2.24, 2.45) is 0 Å². The lowest BCUT2D eigenvalue weighted by Crippen LogP contribution is -2.33. The molecule has 12 heavy (non-hydrogen) atoms. The maximum absolute atomic E-state index is 10.6. The van der Waals surface area contributed by atoms with Crippen molar-refractivity contribution >= 4 is 5.78 Å². The fourth-order valence-corrected chi connectivity index (χ4v) is 1.14. The third-order valence-electron chi connectivity index (χ3n) is 1.85. The molecular formula is C9H9NO2. The van der Waals surface area contributed by atoms with Crippen LogP contribution in [0.2, 0.25) is 0 Å². The Balaban J connectivity index is 1.92. The second-order valence-electron chi connectivity index (χ2n) is 2.88. The van der Waals surface area contributed by atoms with E-state index in [0.29, 0.717) is 12.8 Å². The summed E-state index contributed by atoms with van der Waals surface area (Å²) >= 11 is 0. The van der Waals surface area contributed by atoms with Gasteiger partial charge in [0.25, 0.3) is 0 Å². The lowest BCUT2D eigenvalue weighted by molar-refractivity contribution is -0.129. The second kappa shape index (κ2) is 2.93. The van der Waals surface area contributed by atoms with Crippen LogP contribution in [-0.4, -0.2) is 16.9 Å². The molecule has 3 nitrogen and oxygen atoms in total. The summed E-state index contributed by atoms with van der Waals surface area (Å²) < 4.78 is 5.44. The largest absolute Gasteiger partial charge is 0.488 e. The van der Waals surface area contributed by atoms with Gasteiger partial charge in [-0.15, -0.1) is 0 Å². The molecule has 1 aliphatic rings. The predicted molar refractivity (Wildman–Crippen MR) is 42.9 cm³/mol. The van der Waals surface area contributed by atoms with Crippen molar-refractivity contribution in [3.05, 3.63) is 24.5 Å². The molecule has 0 aliphatic heterocycles. The van der Waals surface area contributed by atoms with E-state index >= 15 is 0 Å². The number of carbonyl (C=O) groups excluding carboxylic acids is 1. The zero-order valence-electron chi connectivity index (χ0n) is 6.56. The zero-order chi connectivity index (χ0) is 8.39. The van der Waals surface area contributed by atoms with E-state index in [4.69, 9.17) is 4.74 Å². The number of carbonyl (C=O) groups is 1. The Morgan fingerprint density at radius 1 is 1.50 bits per heavy atom. The van der Waals surface area contributed by atoms with Gasteiger partial charge in [0.05, 0.1) is 6.20 Å². The third-order valence-corrected chi connectivity index (χ3v) is 1.85. The van der Waals surface area contributed by atoms with Crippen LogP contribution in [0.4, 0.5) is 0 Å². The summed E-state index contributed by atoms with van der Waals surface area (Å²) in [4.78, 5) is 14.5. The van der Waals surface area contributed by atoms with E-state index in [1.165, 1.54) is 0 Å². The van der Waals surface area contributed by atoms with Crippen LogP contribution in [-0.2, 0) is 4.79 Å². The molecule has 2 rings (SSSR count). The van der Waals surface area contributed by atoms with Gasteiger partial charge >= 0.3 is 0 Å². The van der Waals surface area contributed by atoms with Crippen molar-refractivity contribution in [1.82, 2.24) is 4.98 Å². The molecule has 1 aromatic rings. The van der Waals surface area contributed by atoms with E-state index in [0.717, 1.165) is 5.75 Å². The van der Waals surface area contributed by atoms with Crippen LogP contribution in [0, 0.1) is 0 Å². The van der Waals surface area contributed by atoms with Crippen molar-refractivity contribution in [2.75, 3.05) is 0 Å². The fourth-order valence-electron chi connectivity index (χ4n) is 1.14. The van der Waals surface area contributed by atoms with Gasteiger partial charge in [-0.1, -0.05) is 0 Å². The van der Waals surface area contributed by atoms with Gasteiger partial charge in [-0.25, -0.2) is 0 Å². The first kappa shape index (κ1) is 7.28. The van der Waals surface area contributed by atoms with Gasteiger partial charge in [0, 0.05) is 19.0 Å². The Kier molecular flexibility index (Phi) is 1.78. The maximum Gasteiger partial charge on any atom is 0.140 e. The number of ketones is 1. The summed E-state index contributed by atoms with van der Waals surface area (Å²) in [6.45, 7) is 0. The summed E-state index contributed by atoms with van der Waals surface area (Å²) in [5.41, 5.74) is 0. The standard InChI is InChI=1S/C9H9NO2/c11-7-4-9(5-7)12-8-2-1-3-10-6-8/h1-3,6,9H,4-5H2. The second-order valence-corrected chi connectivity index (χ2v) is 2.88. The first-order valence-corrected chi connectivity index (χ1v) is 3.93. The number of pyridine rings is 1. The van der Waals surface area contributed by atoms with Gasteiger partial charge < -0.3 is 4.74 Å². The lowest BCUT2D eigenvalue weighted by Gasteiger charge is -2.24. The highest BCUT2D eigenvalue weighted by Crippen LogP contribution is 2.21. The molecule has 1 aromatic heterocycles. The van der Waals surface area contributed by atoms with E-state index in [-0.39, 0.29) is 11.9 Å². The number of aromatic nitrogens is 1. The molecule has 1 fully saturated rings. The highest BCUT2D eigenvalue weighted by atomic mass is 16.5. The average Bonchev–Trinajstić information content (AvgIpc) is 2.04. The molecule has 1 aliphatic carbocycles. The van der Waals surface area contributed by atoms with Crippen LogP contribution in [0.1, 0.15) is 12.8 Å². The van der Waals surface area contributed by atoms with Gasteiger partial charge in [-0.2, -0.15) is 0 Å². The van der Waals surface area contributed by atoms with E-state index in [1.54, 1.807) is 12.4 Å². The molecule has 1 saturated carbocycles. The van der Waals surface area contributed by atoms with E-state index in [9.17, 15) is 4.79 Å². The minimum absolute atomic E-state index is 0.0849. The van der Waals surface area contributed by atoms with E-state index in [1.807, 2.05) is 12.1 Å². The molecule has 0 bridgehead atoms. The van der Waals surface area contributed by atoms with E-state index < -0.39 is 0 Å². The lowest BCUT2D eigenvalue weighted by atomic mass is 9.94. The summed E-state index contributed by atoms with van der Waals surface area (Å²) in [5, 5.41) is 0. The first-order chi connectivity index (χ1) is 5.84. The van der Waals surface area contributed by atoms with Crippen LogP contribution in [0.15, 0.2) is 24.5 Å². The molecule has 0 N–H and O–H groups in total. The summed E-state index contributed by atoms with van der Waals surface area (Å²) in [7, 11) is 0. The summed E-state index contributed by atoms with van der Waals surface area (Å²) in [6.07, 6.45) is 4.53. The Bertz CT molecular complexity index is 276. The van der Waals surface area contributed by atoms with Crippen LogP contribution < -0.4 is 4.74 Å². The summed E-state index contributed by atoms with van der Waals surface area (Å²) in [5.74, 6) is 1.03. The molecule has 0 aromatic carbocycles. The molecule has 0 amide bonds. The topological polar surface area (TPSA) is 39.2 Å². The van der Waals surface area contributed by atoms with Crippen LogP contribution in [0.25, 0.3) is 0 Å². The molecule has 1 heterocycles. The minimum Gasteiger partial charge on any atom is -0.488 e. The maximum atomic E-state index is 10.6. The Morgan fingerprint density at radius 3 is 2.92 bits per heavy atom. The molecule has 0 unspecified atom stereocenters. The number of Topliss-reactive ketones (excluding diaryl/α,β-unsaturated/α-hetero) is 1. The SMILES string of the molecule is O=C1CC(Oc2cccnc2)C1. The summed E-state index contributed by atoms with van der Waals surface area (Å²) in [6, 6.07) is 3.66. The minimum atomic E-state index is 0.0849. The number of ether oxygens (including phenoxy) is 1. The fraction of sp³-hybridized carbons (Fsp3) is 0.333. The van der Waals surface area contributed by atoms with Crippen LogP contribution in [0.3, 0.4) is 0 Å². The van der Waals surface area contributed by atoms with Gasteiger partial charge in [0.2, 0.25) is 0 Å². The molecule has 0 spiro atoms. The normalized spacial score (nSPS) is 17.2. The third kappa shape index (κ3) is 1.44. The van der Waals surface area contributed by atoms with Crippen molar-refractivity contribution in [3.63, 3.8) is 0 Å². The Morgan fingerprint density at radius 2 is 2.33 bits per heavy atom. The molecular weight excluding hydrogens is 154 g/mol. The Labute approximate surface area is 70.4 Å². The molecule has 0 saturated heterocycles. The van der Waals surface area contributed by atoms with Gasteiger partial charge in [0.1, 0.15) is 17.6 Å². The van der Waals surface area contributed by atoms with E-state index in [2.05, 4.69) is 4.98 Å². The van der Waals surface area contributed by atoms with Gasteiger partial charge in [0.15, 0.2) is 0 Å². The van der Waals surface area contributed by atoms with Gasteiger partial charge in [-0.05, 0) is 12.1 Å². The molecule has 62 valence electrons. The highest BCUT2D eigenvalue weighted by Gasteiger charge is 2.28. The molecule has 0 atom stereocenters. The molecule has 0 radical (unpaired) electrons.